The maximum Gasteiger partial charge on any atom is 0.243 e. The van der Waals surface area contributed by atoms with Crippen LogP contribution in [0.5, 0.6) is 5.75 Å². The van der Waals surface area contributed by atoms with Crippen LogP contribution in [-0.2, 0) is 4.79 Å². The zero-order valence-electron chi connectivity index (χ0n) is 14.8. The predicted molar refractivity (Wildman–Crippen MR) is 108 cm³/mol. The van der Waals surface area contributed by atoms with Crippen LogP contribution in [0, 0.1) is 0 Å². The molecule has 3 rings (SSSR count). The van der Waals surface area contributed by atoms with E-state index in [1.807, 2.05) is 73.7 Å². The molecular formula is C22H22N2O2. The van der Waals surface area contributed by atoms with Gasteiger partial charge in [-0.05, 0) is 36.1 Å². The summed E-state index contributed by atoms with van der Waals surface area (Å²) in [4.78, 5) is 12.3. The van der Waals surface area contributed by atoms with E-state index in [4.69, 9.17) is 4.74 Å². The van der Waals surface area contributed by atoms with Crippen molar-refractivity contribution in [2.45, 2.75) is 6.92 Å². The van der Waals surface area contributed by atoms with Crippen LogP contribution in [0.25, 0.3) is 10.8 Å². The predicted octanol–water partition coefficient (Wildman–Crippen LogP) is 4.85. The van der Waals surface area contributed by atoms with Crippen LogP contribution >= 0.6 is 0 Å². The number of ether oxygens (including phenoxy) is 1. The molecule has 0 spiro atoms. The van der Waals surface area contributed by atoms with Gasteiger partial charge in [0.05, 0.1) is 6.54 Å². The van der Waals surface area contributed by atoms with E-state index in [1.54, 1.807) is 0 Å². The van der Waals surface area contributed by atoms with Crippen molar-refractivity contribution >= 4 is 28.1 Å². The van der Waals surface area contributed by atoms with Crippen LogP contribution in [0.2, 0.25) is 0 Å². The fourth-order valence-electron chi connectivity index (χ4n) is 2.61. The maximum atomic E-state index is 12.3. The van der Waals surface area contributed by atoms with E-state index in [0.29, 0.717) is 6.61 Å². The fourth-order valence-corrected chi connectivity index (χ4v) is 2.61. The zero-order valence-corrected chi connectivity index (χ0v) is 14.8. The lowest BCUT2D eigenvalue weighted by molar-refractivity contribution is -0.114. The first-order chi connectivity index (χ1) is 12.6. The Balaban J connectivity index is 1.60. The highest BCUT2D eigenvalue weighted by Gasteiger charge is 2.06. The lowest BCUT2D eigenvalue weighted by Crippen LogP contribution is -2.21. The number of nitrogens with one attached hydrogen (secondary N) is 2. The van der Waals surface area contributed by atoms with Crippen LogP contribution in [0.3, 0.4) is 0 Å². The van der Waals surface area contributed by atoms with Crippen molar-refractivity contribution in [3.63, 3.8) is 0 Å². The highest BCUT2D eigenvalue weighted by molar-refractivity contribution is 6.03. The maximum absolute atomic E-state index is 12.3. The van der Waals surface area contributed by atoms with Gasteiger partial charge in [0.2, 0.25) is 5.91 Å². The lowest BCUT2D eigenvalue weighted by atomic mass is 10.1. The number of rotatable bonds is 7. The molecule has 0 saturated heterocycles. The molecule has 3 aromatic rings. The molecule has 0 atom stereocenters. The molecule has 4 heteroatoms. The molecule has 132 valence electrons. The average Bonchev–Trinajstić information content (AvgIpc) is 2.65. The SMILES string of the molecule is C=C(C)COc1cccc(NCC(=O)Nc2cccc3ccccc23)c1. The second-order valence-corrected chi connectivity index (χ2v) is 6.20. The Morgan fingerprint density at radius 2 is 1.81 bits per heavy atom. The highest BCUT2D eigenvalue weighted by Crippen LogP contribution is 2.23. The Morgan fingerprint density at radius 1 is 1.04 bits per heavy atom. The first-order valence-electron chi connectivity index (χ1n) is 8.50. The third-order valence-corrected chi connectivity index (χ3v) is 3.84. The number of anilines is 2. The van der Waals surface area contributed by atoms with Gasteiger partial charge in [0, 0.05) is 22.8 Å². The third-order valence-electron chi connectivity index (χ3n) is 3.84. The van der Waals surface area contributed by atoms with Crippen molar-refractivity contribution < 1.29 is 9.53 Å². The molecular weight excluding hydrogens is 324 g/mol. The van der Waals surface area contributed by atoms with E-state index >= 15 is 0 Å². The molecule has 3 aromatic carbocycles. The Morgan fingerprint density at radius 3 is 2.65 bits per heavy atom. The molecule has 0 aliphatic heterocycles. The smallest absolute Gasteiger partial charge is 0.243 e. The van der Waals surface area contributed by atoms with Crippen LogP contribution in [0.4, 0.5) is 11.4 Å². The van der Waals surface area contributed by atoms with Gasteiger partial charge in [-0.2, -0.15) is 0 Å². The second-order valence-electron chi connectivity index (χ2n) is 6.20. The van der Waals surface area contributed by atoms with E-state index in [9.17, 15) is 4.79 Å². The van der Waals surface area contributed by atoms with Crippen molar-refractivity contribution in [3.8, 4) is 5.75 Å². The van der Waals surface area contributed by atoms with E-state index < -0.39 is 0 Å². The zero-order chi connectivity index (χ0) is 18.4. The van der Waals surface area contributed by atoms with Gasteiger partial charge in [-0.25, -0.2) is 0 Å². The van der Waals surface area contributed by atoms with Crippen LogP contribution in [-0.4, -0.2) is 19.1 Å². The summed E-state index contributed by atoms with van der Waals surface area (Å²) in [5.41, 5.74) is 2.60. The van der Waals surface area contributed by atoms with Gasteiger partial charge in [0.1, 0.15) is 12.4 Å². The monoisotopic (exact) mass is 346 g/mol. The van der Waals surface area contributed by atoms with Gasteiger partial charge in [-0.15, -0.1) is 0 Å². The normalized spacial score (nSPS) is 10.3. The van der Waals surface area contributed by atoms with Crippen molar-refractivity contribution in [2.75, 3.05) is 23.8 Å². The molecule has 4 nitrogen and oxygen atoms in total. The summed E-state index contributed by atoms with van der Waals surface area (Å²) in [6.07, 6.45) is 0. The number of fused-ring (bicyclic) bond motifs is 1. The van der Waals surface area contributed by atoms with E-state index in [1.165, 1.54) is 0 Å². The molecule has 0 aliphatic rings. The number of carbonyl (C=O) groups is 1. The number of carbonyl (C=O) groups excluding carboxylic acids is 1. The van der Waals surface area contributed by atoms with Crippen molar-refractivity contribution in [2.24, 2.45) is 0 Å². The number of benzene rings is 3. The summed E-state index contributed by atoms with van der Waals surface area (Å²) in [5.74, 6) is 0.641. The van der Waals surface area contributed by atoms with Crippen molar-refractivity contribution in [3.05, 3.63) is 78.9 Å². The Bertz CT molecular complexity index is 929. The van der Waals surface area contributed by atoms with Crippen LogP contribution in [0.15, 0.2) is 78.9 Å². The second kappa shape index (κ2) is 8.21. The first-order valence-corrected chi connectivity index (χ1v) is 8.50. The lowest BCUT2D eigenvalue weighted by Gasteiger charge is -2.11. The summed E-state index contributed by atoms with van der Waals surface area (Å²) in [7, 11) is 0. The molecule has 2 N–H and O–H groups in total. The van der Waals surface area contributed by atoms with Gasteiger partial charge in [0.15, 0.2) is 0 Å². The molecule has 0 fully saturated rings. The molecule has 0 heterocycles. The quantitative estimate of drug-likeness (QED) is 0.602. The van der Waals surface area contributed by atoms with Crippen LogP contribution < -0.4 is 15.4 Å². The third kappa shape index (κ3) is 4.63. The Kier molecular flexibility index (Phi) is 5.54. The topological polar surface area (TPSA) is 50.4 Å². The van der Waals surface area contributed by atoms with Crippen LogP contribution in [0.1, 0.15) is 6.92 Å². The fraction of sp³-hybridized carbons (Fsp3) is 0.136. The minimum atomic E-state index is -0.102. The van der Waals surface area contributed by atoms with Gasteiger partial charge >= 0.3 is 0 Å². The van der Waals surface area contributed by atoms with Crippen molar-refractivity contribution in [1.82, 2.24) is 0 Å². The van der Waals surface area contributed by atoms with Crippen molar-refractivity contribution in [1.29, 1.82) is 0 Å². The van der Waals surface area contributed by atoms with E-state index in [2.05, 4.69) is 17.2 Å². The molecule has 1 amide bonds. The molecule has 0 aliphatic carbocycles. The molecule has 26 heavy (non-hydrogen) atoms. The van der Waals surface area contributed by atoms with Gasteiger partial charge in [-0.1, -0.05) is 49.0 Å². The summed E-state index contributed by atoms with van der Waals surface area (Å²) in [6, 6.07) is 21.4. The first kappa shape index (κ1) is 17.5. The number of hydrogen-bond donors (Lipinski definition) is 2. The number of hydrogen-bond acceptors (Lipinski definition) is 3. The molecule has 0 unspecified atom stereocenters. The molecule has 0 aromatic heterocycles. The van der Waals surface area contributed by atoms with Gasteiger partial charge < -0.3 is 15.4 Å². The van der Waals surface area contributed by atoms with E-state index in [-0.39, 0.29) is 12.5 Å². The average molecular weight is 346 g/mol. The molecule has 0 saturated carbocycles. The Labute approximate surface area is 153 Å². The van der Waals surface area contributed by atoms with E-state index in [0.717, 1.165) is 33.5 Å². The summed E-state index contributed by atoms with van der Waals surface area (Å²) >= 11 is 0. The Hall–Kier alpha value is -3.27. The minimum absolute atomic E-state index is 0.102. The largest absolute Gasteiger partial charge is 0.489 e. The summed E-state index contributed by atoms with van der Waals surface area (Å²) in [5, 5.41) is 8.22. The molecule has 0 radical (unpaired) electrons. The number of amides is 1. The molecule has 0 bridgehead atoms. The highest BCUT2D eigenvalue weighted by atomic mass is 16.5. The van der Waals surface area contributed by atoms with Gasteiger partial charge in [0.25, 0.3) is 0 Å². The summed E-state index contributed by atoms with van der Waals surface area (Å²) in [6.45, 7) is 6.39. The summed E-state index contributed by atoms with van der Waals surface area (Å²) < 4.78 is 5.62. The minimum Gasteiger partial charge on any atom is -0.489 e. The standard InChI is InChI=1S/C22H22N2O2/c1-16(2)15-26-19-10-6-9-18(13-19)23-14-22(25)24-21-12-5-8-17-7-3-4-11-20(17)21/h3-13,23H,1,14-15H2,2H3,(H,24,25). The van der Waals surface area contributed by atoms with Gasteiger partial charge in [-0.3, -0.25) is 4.79 Å².